The molecule has 0 unspecified atom stereocenters. The molecule has 1 aliphatic heterocycles. The normalized spacial score (nSPS) is 17.3. The first-order valence-electron chi connectivity index (χ1n) is 7.38. The Bertz CT molecular complexity index is 659. The summed E-state index contributed by atoms with van der Waals surface area (Å²) in [6, 6.07) is 0.0682. The number of hydrogen-bond acceptors (Lipinski definition) is 6. The van der Waals surface area contributed by atoms with Crippen LogP contribution >= 0.6 is 0 Å². The van der Waals surface area contributed by atoms with Crippen LogP contribution in [-0.4, -0.2) is 37.9 Å². The maximum absolute atomic E-state index is 14.2. The van der Waals surface area contributed by atoms with Crippen LogP contribution in [0.15, 0.2) is 6.33 Å². The summed E-state index contributed by atoms with van der Waals surface area (Å²) in [4.78, 5) is 12.4. The van der Waals surface area contributed by atoms with E-state index in [1.165, 1.54) is 6.33 Å². The van der Waals surface area contributed by atoms with E-state index in [4.69, 9.17) is 4.74 Å². The summed E-state index contributed by atoms with van der Waals surface area (Å²) in [5.74, 6) is 1.52. The molecule has 2 aromatic rings. The minimum Gasteiger partial charge on any atom is -0.377 e. The summed E-state index contributed by atoms with van der Waals surface area (Å²) >= 11 is 0. The molecule has 0 aromatic carbocycles. The highest BCUT2D eigenvalue weighted by Gasteiger charge is 2.23. The van der Waals surface area contributed by atoms with Crippen molar-refractivity contribution in [1.29, 1.82) is 0 Å². The van der Waals surface area contributed by atoms with Crippen LogP contribution < -0.4 is 5.32 Å². The largest absolute Gasteiger partial charge is 0.377 e. The van der Waals surface area contributed by atoms with Crippen LogP contribution in [0, 0.1) is 5.82 Å². The van der Waals surface area contributed by atoms with Crippen molar-refractivity contribution in [2.75, 3.05) is 12.4 Å². The van der Waals surface area contributed by atoms with Gasteiger partial charge in [0.25, 0.3) is 0 Å². The molecule has 0 amide bonds. The van der Waals surface area contributed by atoms with Gasteiger partial charge in [-0.3, -0.25) is 0 Å². The smallest absolute Gasteiger partial charge is 0.186 e. The molecule has 0 saturated carbocycles. The van der Waals surface area contributed by atoms with E-state index in [9.17, 15) is 4.39 Å². The Kier molecular flexibility index (Phi) is 4.28. The molecule has 0 spiro atoms. The molecule has 0 radical (unpaired) electrons. The molecule has 0 bridgehead atoms. The van der Waals surface area contributed by atoms with Crippen LogP contribution in [0.3, 0.4) is 0 Å². The number of nitrogens with zero attached hydrogens (tertiary/aromatic N) is 5. The van der Waals surface area contributed by atoms with Gasteiger partial charge in [0, 0.05) is 19.6 Å². The third kappa shape index (κ3) is 2.92. The summed E-state index contributed by atoms with van der Waals surface area (Å²) in [6.45, 7) is 2.91. The van der Waals surface area contributed by atoms with E-state index in [1.54, 1.807) is 7.11 Å². The summed E-state index contributed by atoms with van der Waals surface area (Å²) in [5, 5.41) is 7.56. The van der Waals surface area contributed by atoms with Gasteiger partial charge in [-0.15, -0.1) is 0 Å². The van der Waals surface area contributed by atoms with Crippen molar-refractivity contribution in [2.45, 2.75) is 45.4 Å². The molecule has 1 atom stereocenters. The standard InChI is InChI=1S/C14H19FN6O/c1-3-10-13(15)14(17-8-16-10)18-9-4-5-12-19-11(7-22-2)20-21(12)6-9/h8-9H,3-7H2,1-2H3,(H,16,17,18)/t9-/m0/s1. The third-order valence-corrected chi connectivity index (χ3v) is 3.71. The van der Waals surface area contributed by atoms with Crippen molar-refractivity contribution in [2.24, 2.45) is 0 Å². The van der Waals surface area contributed by atoms with E-state index in [0.717, 1.165) is 18.7 Å². The van der Waals surface area contributed by atoms with Crippen molar-refractivity contribution in [1.82, 2.24) is 24.7 Å². The molecule has 0 aliphatic carbocycles. The maximum Gasteiger partial charge on any atom is 0.186 e. The summed E-state index contributed by atoms with van der Waals surface area (Å²) < 4.78 is 21.1. The number of ether oxygens (including phenoxy) is 1. The van der Waals surface area contributed by atoms with E-state index in [0.29, 0.717) is 31.1 Å². The number of aryl methyl sites for hydroxylation is 2. The Morgan fingerprint density at radius 2 is 2.32 bits per heavy atom. The predicted octanol–water partition coefficient (Wildman–Crippen LogP) is 1.34. The Hall–Kier alpha value is -2.09. The van der Waals surface area contributed by atoms with E-state index in [2.05, 4.69) is 25.4 Å². The van der Waals surface area contributed by atoms with Crippen molar-refractivity contribution in [3.63, 3.8) is 0 Å². The molecular formula is C14H19FN6O. The van der Waals surface area contributed by atoms with Crippen molar-refractivity contribution < 1.29 is 9.13 Å². The van der Waals surface area contributed by atoms with Gasteiger partial charge in [-0.1, -0.05) is 6.92 Å². The fourth-order valence-electron chi connectivity index (χ4n) is 2.62. The van der Waals surface area contributed by atoms with Crippen molar-refractivity contribution in [3.8, 4) is 0 Å². The van der Waals surface area contributed by atoms with Crippen LogP contribution in [0.1, 0.15) is 30.7 Å². The monoisotopic (exact) mass is 306 g/mol. The van der Waals surface area contributed by atoms with E-state index in [-0.39, 0.29) is 17.7 Å². The van der Waals surface area contributed by atoms with Gasteiger partial charge in [-0.05, 0) is 12.8 Å². The first-order chi connectivity index (χ1) is 10.7. The van der Waals surface area contributed by atoms with Crippen molar-refractivity contribution in [3.05, 3.63) is 29.5 Å². The quantitative estimate of drug-likeness (QED) is 0.898. The summed E-state index contributed by atoms with van der Waals surface area (Å²) in [7, 11) is 1.62. The number of nitrogens with one attached hydrogen (secondary N) is 1. The first kappa shape index (κ1) is 14.8. The van der Waals surface area contributed by atoms with Gasteiger partial charge < -0.3 is 10.1 Å². The number of hydrogen-bond donors (Lipinski definition) is 1. The summed E-state index contributed by atoms with van der Waals surface area (Å²) in [6.07, 6.45) is 3.59. The Morgan fingerprint density at radius 1 is 1.45 bits per heavy atom. The van der Waals surface area contributed by atoms with Gasteiger partial charge in [0.1, 0.15) is 18.8 Å². The van der Waals surface area contributed by atoms with Crippen LogP contribution in [0.2, 0.25) is 0 Å². The molecule has 7 nitrogen and oxygen atoms in total. The van der Waals surface area contributed by atoms with Gasteiger partial charge in [-0.25, -0.2) is 24.0 Å². The number of fused-ring (bicyclic) bond motifs is 1. The first-order valence-corrected chi connectivity index (χ1v) is 7.38. The number of halogens is 1. The second kappa shape index (κ2) is 6.35. The minimum atomic E-state index is -0.366. The van der Waals surface area contributed by atoms with Gasteiger partial charge in [0.15, 0.2) is 17.5 Å². The van der Waals surface area contributed by atoms with Gasteiger partial charge in [0.2, 0.25) is 0 Å². The fourth-order valence-corrected chi connectivity index (χ4v) is 2.62. The lowest BCUT2D eigenvalue weighted by atomic mass is 10.1. The Labute approximate surface area is 127 Å². The predicted molar refractivity (Wildman–Crippen MR) is 77.8 cm³/mol. The average molecular weight is 306 g/mol. The zero-order valence-corrected chi connectivity index (χ0v) is 12.7. The van der Waals surface area contributed by atoms with Crippen molar-refractivity contribution >= 4 is 5.82 Å². The Morgan fingerprint density at radius 3 is 3.09 bits per heavy atom. The molecule has 1 aliphatic rings. The molecule has 8 heteroatoms. The highest BCUT2D eigenvalue weighted by atomic mass is 19.1. The molecule has 22 heavy (non-hydrogen) atoms. The van der Waals surface area contributed by atoms with Gasteiger partial charge in [-0.2, -0.15) is 5.10 Å². The molecule has 1 N–H and O–H groups in total. The second-order valence-electron chi connectivity index (χ2n) is 5.28. The highest BCUT2D eigenvalue weighted by Crippen LogP contribution is 2.19. The number of methoxy groups -OCH3 is 1. The van der Waals surface area contributed by atoms with E-state index >= 15 is 0 Å². The molecule has 0 saturated heterocycles. The minimum absolute atomic E-state index is 0.0682. The lowest BCUT2D eigenvalue weighted by Gasteiger charge is -2.24. The molecule has 0 fully saturated rings. The average Bonchev–Trinajstić information content (AvgIpc) is 2.91. The highest BCUT2D eigenvalue weighted by molar-refractivity contribution is 5.38. The summed E-state index contributed by atoms with van der Waals surface area (Å²) in [5.41, 5.74) is 0.428. The van der Waals surface area contributed by atoms with E-state index in [1.807, 2.05) is 11.6 Å². The Balaban J connectivity index is 1.72. The molecule has 118 valence electrons. The number of rotatable bonds is 5. The maximum atomic E-state index is 14.2. The van der Waals surface area contributed by atoms with Crippen LogP contribution in [0.25, 0.3) is 0 Å². The molecular weight excluding hydrogens is 287 g/mol. The van der Waals surface area contributed by atoms with Crippen LogP contribution in [0.5, 0.6) is 0 Å². The molecule has 3 rings (SSSR count). The lowest BCUT2D eigenvalue weighted by molar-refractivity contribution is 0.177. The SMILES string of the molecule is CCc1ncnc(N[C@H]2CCc3nc(COC)nn3C2)c1F. The second-order valence-corrected chi connectivity index (χ2v) is 5.28. The number of anilines is 1. The van der Waals surface area contributed by atoms with Gasteiger partial charge in [0.05, 0.1) is 12.2 Å². The van der Waals surface area contributed by atoms with Crippen LogP contribution in [0.4, 0.5) is 10.2 Å². The topological polar surface area (TPSA) is 77.8 Å². The molecule has 2 aromatic heterocycles. The zero-order chi connectivity index (χ0) is 15.5. The fraction of sp³-hybridized carbons (Fsp3) is 0.571. The van der Waals surface area contributed by atoms with Gasteiger partial charge >= 0.3 is 0 Å². The number of aromatic nitrogens is 5. The lowest BCUT2D eigenvalue weighted by Crippen LogP contribution is -2.32. The zero-order valence-electron chi connectivity index (χ0n) is 12.7. The molecule has 3 heterocycles. The third-order valence-electron chi connectivity index (χ3n) is 3.71. The van der Waals surface area contributed by atoms with E-state index < -0.39 is 0 Å². The van der Waals surface area contributed by atoms with Crippen LogP contribution in [-0.2, 0) is 30.7 Å².